The highest BCUT2D eigenvalue weighted by Gasteiger charge is 2.32. The number of hydrogen-bond donors (Lipinski definition) is 3. The highest BCUT2D eigenvalue weighted by atomic mass is 32.1. The number of imidazole rings is 1. The molecule has 0 radical (unpaired) electrons. The fraction of sp³-hybridized carbons (Fsp3) is 0.556. The van der Waals surface area contributed by atoms with E-state index in [1.165, 1.54) is 11.3 Å². The van der Waals surface area contributed by atoms with Gasteiger partial charge in [-0.15, -0.1) is 11.3 Å². The first kappa shape index (κ1) is 19.5. The summed E-state index contributed by atoms with van der Waals surface area (Å²) in [5.41, 5.74) is 3.47. The van der Waals surface area contributed by atoms with E-state index in [1.807, 2.05) is 14.0 Å². The van der Waals surface area contributed by atoms with Gasteiger partial charge in [-0.05, 0) is 26.8 Å². The molecule has 8 nitrogen and oxygen atoms in total. The molecular weight excluding hydrogens is 364 g/mol. The third-order valence-electron chi connectivity index (χ3n) is 5.13. The van der Waals surface area contributed by atoms with E-state index in [1.54, 1.807) is 18.0 Å². The summed E-state index contributed by atoms with van der Waals surface area (Å²) >= 11 is 1.36. The van der Waals surface area contributed by atoms with Gasteiger partial charge in [-0.25, -0.2) is 9.97 Å². The van der Waals surface area contributed by atoms with E-state index in [0.717, 1.165) is 30.7 Å². The maximum absolute atomic E-state index is 12.2. The Bertz CT molecular complexity index is 760. The van der Waals surface area contributed by atoms with Crippen molar-refractivity contribution in [3.8, 4) is 0 Å². The van der Waals surface area contributed by atoms with E-state index in [2.05, 4.69) is 30.5 Å². The Morgan fingerprint density at radius 3 is 2.85 bits per heavy atom. The number of nitrogens with one attached hydrogen (secondary N) is 3. The van der Waals surface area contributed by atoms with Gasteiger partial charge in [0.15, 0.2) is 0 Å². The number of aryl methyl sites for hydroxylation is 1. The summed E-state index contributed by atoms with van der Waals surface area (Å²) in [6.45, 7) is 3.03. The Kier molecular flexibility index (Phi) is 6.57. The zero-order valence-corrected chi connectivity index (χ0v) is 16.5. The summed E-state index contributed by atoms with van der Waals surface area (Å²) in [5, 5.41) is 5.97. The van der Waals surface area contributed by atoms with Crippen molar-refractivity contribution in [1.82, 2.24) is 30.5 Å². The lowest BCUT2D eigenvalue weighted by molar-refractivity contribution is -0.122. The molecule has 9 heteroatoms. The number of nitrogens with zero attached hydrogens (tertiary/aromatic N) is 3. The maximum Gasteiger partial charge on any atom is 0.263 e. The van der Waals surface area contributed by atoms with E-state index in [-0.39, 0.29) is 23.9 Å². The molecule has 1 fully saturated rings. The molecular formula is C18H26N6O2S. The number of amides is 2. The fourth-order valence-corrected chi connectivity index (χ4v) is 4.16. The molecule has 3 N–H and O–H groups in total. The molecule has 0 unspecified atom stereocenters. The van der Waals surface area contributed by atoms with Gasteiger partial charge in [-0.2, -0.15) is 0 Å². The first-order valence-corrected chi connectivity index (χ1v) is 10.1. The lowest BCUT2D eigenvalue weighted by Gasteiger charge is -2.25. The molecule has 1 saturated heterocycles. The van der Waals surface area contributed by atoms with Gasteiger partial charge in [0.05, 0.1) is 17.5 Å². The number of rotatable bonds is 8. The summed E-state index contributed by atoms with van der Waals surface area (Å²) in [6.07, 6.45) is 6.58. The first-order valence-electron chi connectivity index (χ1n) is 9.18. The number of hydrogen-bond acceptors (Lipinski definition) is 6. The van der Waals surface area contributed by atoms with Crippen LogP contribution in [0.1, 0.15) is 40.3 Å². The lowest BCUT2D eigenvalue weighted by Crippen LogP contribution is -2.42. The van der Waals surface area contributed by atoms with Crippen LogP contribution in [0.2, 0.25) is 0 Å². The number of thiazole rings is 1. The molecule has 1 aliphatic heterocycles. The van der Waals surface area contributed by atoms with Crippen LogP contribution in [-0.2, 0) is 11.2 Å². The fourth-order valence-electron chi connectivity index (χ4n) is 3.44. The van der Waals surface area contributed by atoms with Crippen molar-refractivity contribution in [2.75, 3.05) is 20.1 Å². The monoisotopic (exact) mass is 390 g/mol. The van der Waals surface area contributed by atoms with Crippen LogP contribution in [0, 0.1) is 6.92 Å². The topological polar surface area (TPSA) is 103 Å². The minimum Gasteiger partial charge on any atom is -0.356 e. The minimum absolute atomic E-state index is 0.0661. The van der Waals surface area contributed by atoms with Crippen LogP contribution in [0.4, 0.5) is 0 Å². The minimum atomic E-state index is -0.0663. The zero-order valence-electron chi connectivity index (χ0n) is 15.7. The molecule has 1 aliphatic rings. The second-order valence-corrected chi connectivity index (χ2v) is 7.76. The largest absolute Gasteiger partial charge is 0.356 e. The van der Waals surface area contributed by atoms with Crippen molar-refractivity contribution < 1.29 is 9.59 Å². The molecule has 2 aromatic heterocycles. The molecule has 2 atom stereocenters. The number of H-pyrrole nitrogens is 1. The summed E-state index contributed by atoms with van der Waals surface area (Å²) in [5.74, 6) is -0.000245. The lowest BCUT2D eigenvalue weighted by atomic mass is 10.1. The van der Waals surface area contributed by atoms with Gasteiger partial charge < -0.3 is 15.6 Å². The Balaban J connectivity index is 1.38. The normalized spacial score (nSPS) is 19.9. The van der Waals surface area contributed by atoms with Crippen molar-refractivity contribution in [3.05, 3.63) is 34.3 Å². The second kappa shape index (κ2) is 9.09. The predicted octanol–water partition coefficient (Wildman–Crippen LogP) is 1.12. The van der Waals surface area contributed by atoms with Crippen molar-refractivity contribution >= 4 is 23.2 Å². The first-order chi connectivity index (χ1) is 13.0. The number of carbonyl (C=O) groups excluding carboxylic acids is 2. The molecule has 0 bridgehead atoms. The maximum atomic E-state index is 12.2. The Morgan fingerprint density at radius 1 is 1.33 bits per heavy atom. The van der Waals surface area contributed by atoms with Gasteiger partial charge in [0, 0.05) is 49.9 Å². The molecule has 0 saturated carbocycles. The molecule has 27 heavy (non-hydrogen) atoms. The van der Waals surface area contributed by atoms with Gasteiger partial charge in [-0.1, -0.05) is 0 Å². The van der Waals surface area contributed by atoms with Gasteiger partial charge in [-0.3, -0.25) is 14.5 Å². The van der Waals surface area contributed by atoms with Gasteiger partial charge in [0.25, 0.3) is 5.91 Å². The smallest absolute Gasteiger partial charge is 0.263 e. The summed E-state index contributed by atoms with van der Waals surface area (Å²) in [4.78, 5) is 38.4. The zero-order chi connectivity index (χ0) is 19.2. The highest BCUT2D eigenvalue weighted by Crippen LogP contribution is 2.24. The summed E-state index contributed by atoms with van der Waals surface area (Å²) in [7, 11) is 2.03. The average molecular weight is 391 g/mol. The molecule has 0 spiro atoms. The van der Waals surface area contributed by atoms with Crippen molar-refractivity contribution in [2.45, 2.75) is 44.7 Å². The number of carbonyl (C=O) groups is 2. The Labute approximate surface area is 162 Å². The third-order valence-corrected chi connectivity index (χ3v) is 6.05. The molecule has 3 heterocycles. The number of aromatic nitrogens is 3. The van der Waals surface area contributed by atoms with Crippen molar-refractivity contribution in [2.24, 2.45) is 0 Å². The number of likely N-dealkylation sites (N-methyl/N-ethyl adjacent to an activating group) is 1. The van der Waals surface area contributed by atoms with E-state index < -0.39 is 0 Å². The van der Waals surface area contributed by atoms with Crippen LogP contribution in [0.5, 0.6) is 0 Å². The van der Waals surface area contributed by atoms with E-state index >= 15 is 0 Å². The van der Waals surface area contributed by atoms with Crippen LogP contribution in [0.3, 0.4) is 0 Å². The van der Waals surface area contributed by atoms with Crippen LogP contribution in [0.15, 0.2) is 18.0 Å². The second-order valence-electron chi connectivity index (χ2n) is 6.91. The van der Waals surface area contributed by atoms with Crippen molar-refractivity contribution in [1.29, 1.82) is 0 Å². The van der Waals surface area contributed by atoms with Gasteiger partial charge in [0.2, 0.25) is 5.91 Å². The Morgan fingerprint density at radius 2 is 2.15 bits per heavy atom. The van der Waals surface area contributed by atoms with Crippen LogP contribution >= 0.6 is 11.3 Å². The third kappa shape index (κ3) is 5.14. The standard InChI is InChI=1S/C18H26N6O2S/c1-12-17(27-11-23-12)18(26)21-9-15-4-3-14(24(15)2)7-16(25)20-6-5-13-8-19-10-22-13/h8,10-11,14-15H,3-7,9H2,1-2H3,(H,19,22)(H,20,25)(H,21,26)/t14-,15+/m1/s1. The molecule has 146 valence electrons. The van der Waals surface area contributed by atoms with Crippen LogP contribution in [0.25, 0.3) is 0 Å². The molecule has 2 amide bonds. The SMILES string of the molecule is Cc1ncsc1C(=O)NC[C@@H]1CC[C@H](CC(=O)NCCc2cnc[nH]2)N1C. The van der Waals surface area contributed by atoms with E-state index in [4.69, 9.17) is 0 Å². The molecule has 3 rings (SSSR count). The van der Waals surface area contributed by atoms with Crippen molar-refractivity contribution in [3.63, 3.8) is 0 Å². The molecule has 2 aromatic rings. The number of aromatic amines is 1. The predicted molar refractivity (Wildman–Crippen MR) is 104 cm³/mol. The van der Waals surface area contributed by atoms with Gasteiger partial charge >= 0.3 is 0 Å². The van der Waals surface area contributed by atoms with Gasteiger partial charge in [0.1, 0.15) is 4.88 Å². The molecule has 0 aromatic carbocycles. The summed E-state index contributed by atoms with van der Waals surface area (Å²) in [6, 6.07) is 0.467. The quantitative estimate of drug-likeness (QED) is 0.627. The highest BCUT2D eigenvalue weighted by molar-refractivity contribution is 7.11. The Hall–Kier alpha value is -2.26. The average Bonchev–Trinajstić information content (AvgIpc) is 3.37. The van der Waals surface area contributed by atoms with Crippen LogP contribution in [-0.4, -0.2) is 63.9 Å². The van der Waals surface area contributed by atoms with E-state index in [0.29, 0.717) is 24.4 Å². The number of likely N-dealkylation sites (tertiary alicyclic amines) is 1. The summed E-state index contributed by atoms with van der Waals surface area (Å²) < 4.78 is 0. The van der Waals surface area contributed by atoms with Crippen LogP contribution < -0.4 is 10.6 Å². The van der Waals surface area contributed by atoms with E-state index in [9.17, 15) is 9.59 Å². The molecule has 0 aliphatic carbocycles.